The Hall–Kier alpha value is -2.11. The summed E-state index contributed by atoms with van der Waals surface area (Å²) in [6, 6.07) is 2.08. The maximum atomic E-state index is 11.7. The summed E-state index contributed by atoms with van der Waals surface area (Å²) >= 11 is 0. The molecule has 0 aliphatic carbocycles. The van der Waals surface area contributed by atoms with E-state index in [0.29, 0.717) is 12.1 Å². The molecule has 0 spiro atoms. The first-order valence-corrected chi connectivity index (χ1v) is 6.26. The van der Waals surface area contributed by atoms with E-state index in [1.54, 1.807) is 12.1 Å². The van der Waals surface area contributed by atoms with Gasteiger partial charge in [0.05, 0.1) is 11.9 Å². The monoisotopic (exact) mass is 265 g/mol. The fourth-order valence-electron chi connectivity index (χ4n) is 1.53. The number of rotatable bonds is 6. The van der Waals surface area contributed by atoms with Crippen molar-refractivity contribution in [2.75, 3.05) is 5.32 Å². The lowest BCUT2D eigenvalue weighted by Gasteiger charge is -2.14. The number of carboxylic acid groups (broad SMARTS) is 1. The maximum Gasteiger partial charge on any atom is 0.326 e. The van der Waals surface area contributed by atoms with Crippen LogP contribution in [0.15, 0.2) is 18.3 Å². The number of amides is 2. The van der Waals surface area contributed by atoms with E-state index < -0.39 is 18.0 Å². The largest absolute Gasteiger partial charge is 0.480 e. The van der Waals surface area contributed by atoms with E-state index in [1.807, 2.05) is 13.8 Å². The second kappa shape index (κ2) is 7.35. The van der Waals surface area contributed by atoms with Crippen molar-refractivity contribution in [3.63, 3.8) is 0 Å². The molecule has 0 bridgehead atoms. The third kappa shape index (κ3) is 5.37. The van der Waals surface area contributed by atoms with Crippen LogP contribution in [0.1, 0.15) is 31.9 Å². The van der Waals surface area contributed by atoms with Crippen LogP contribution in [-0.2, 0) is 4.79 Å². The number of urea groups is 1. The SMILES string of the molecule is CCCCC(NC(=O)Nc1ccc(C)nc1)C(=O)O. The van der Waals surface area contributed by atoms with Gasteiger partial charge in [-0.2, -0.15) is 0 Å². The van der Waals surface area contributed by atoms with Crippen molar-refractivity contribution in [1.82, 2.24) is 10.3 Å². The zero-order valence-electron chi connectivity index (χ0n) is 11.1. The van der Waals surface area contributed by atoms with Crippen molar-refractivity contribution in [1.29, 1.82) is 0 Å². The minimum atomic E-state index is -1.02. The molecular formula is C13H19N3O3. The topological polar surface area (TPSA) is 91.3 Å². The third-order valence-electron chi connectivity index (χ3n) is 2.62. The number of carbonyl (C=O) groups excluding carboxylic acids is 1. The van der Waals surface area contributed by atoms with Crippen LogP contribution in [-0.4, -0.2) is 28.1 Å². The van der Waals surface area contributed by atoms with Crippen LogP contribution in [0.5, 0.6) is 0 Å². The Kier molecular flexibility index (Phi) is 5.78. The molecule has 1 aromatic heterocycles. The molecule has 0 saturated heterocycles. The summed E-state index contributed by atoms with van der Waals surface area (Å²) in [7, 11) is 0. The van der Waals surface area contributed by atoms with E-state index in [2.05, 4.69) is 15.6 Å². The van der Waals surface area contributed by atoms with Crippen molar-refractivity contribution in [2.45, 2.75) is 39.2 Å². The molecule has 1 heterocycles. The summed E-state index contributed by atoms with van der Waals surface area (Å²) < 4.78 is 0. The first-order valence-electron chi connectivity index (χ1n) is 6.26. The lowest BCUT2D eigenvalue weighted by molar-refractivity contribution is -0.139. The van der Waals surface area contributed by atoms with Gasteiger partial charge >= 0.3 is 12.0 Å². The first kappa shape index (κ1) is 14.9. The Morgan fingerprint density at radius 3 is 2.68 bits per heavy atom. The molecule has 0 saturated carbocycles. The zero-order valence-corrected chi connectivity index (χ0v) is 11.1. The lowest BCUT2D eigenvalue weighted by Crippen LogP contribution is -2.42. The fourth-order valence-corrected chi connectivity index (χ4v) is 1.53. The van der Waals surface area contributed by atoms with Gasteiger partial charge in [0.1, 0.15) is 6.04 Å². The fraction of sp³-hybridized carbons (Fsp3) is 0.462. The Balaban J connectivity index is 2.52. The normalized spacial score (nSPS) is 11.7. The molecule has 3 N–H and O–H groups in total. The number of unbranched alkanes of at least 4 members (excludes halogenated alkanes) is 1. The molecule has 0 aromatic carbocycles. The number of anilines is 1. The minimum Gasteiger partial charge on any atom is -0.480 e. The zero-order chi connectivity index (χ0) is 14.3. The van der Waals surface area contributed by atoms with Gasteiger partial charge in [-0.25, -0.2) is 9.59 Å². The predicted octanol–water partition coefficient (Wildman–Crippen LogP) is 2.15. The number of carbonyl (C=O) groups is 2. The highest BCUT2D eigenvalue weighted by molar-refractivity contribution is 5.92. The van der Waals surface area contributed by atoms with Gasteiger partial charge in [-0.1, -0.05) is 19.8 Å². The van der Waals surface area contributed by atoms with Crippen molar-refractivity contribution < 1.29 is 14.7 Å². The van der Waals surface area contributed by atoms with Crippen molar-refractivity contribution >= 4 is 17.7 Å². The Morgan fingerprint density at radius 2 is 2.16 bits per heavy atom. The van der Waals surface area contributed by atoms with Gasteiger partial charge in [0, 0.05) is 5.69 Å². The van der Waals surface area contributed by atoms with Gasteiger partial charge in [0.15, 0.2) is 0 Å². The molecule has 104 valence electrons. The summed E-state index contributed by atoms with van der Waals surface area (Å²) in [5.74, 6) is -1.02. The number of nitrogens with zero attached hydrogens (tertiary/aromatic N) is 1. The third-order valence-corrected chi connectivity index (χ3v) is 2.62. The molecule has 6 nitrogen and oxygen atoms in total. The number of hydrogen-bond acceptors (Lipinski definition) is 3. The molecule has 1 atom stereocenters. The molecule has 6 heteroatoms. The first-order chi connectivity index (χ1) is 9.02. The number of aryl methyl sites for hydroxylation is 1. The second-order valence-corrected chi connectivity index (χ2v) is 4.32. The smallest absolute Gasteiger partial charge is 0.326 e. The van der Waals surface area contributed by atoms with Crippen LogP contribution in [0.2, 0.25) is 0 Å². The highest BCUT2D eigenvalue weighted by Crippen LogP contribution is 2.06. The molecule has 1 aromatic rings. The van der Waals surface area contributed by atoms with Crippen LogP contribution in [0, 0.1) is 6.92 Å². The average molecular weight is 265 g/mol. The second-order valence-electron chi connectivity index (χ2n) is 4.32. The van der Waals surface area contributed by atoms with Crippen LogP contribution in [0.4, 0.5) is 10.5 Å². The summed E-state index contributed by atoms with van der Waals surface area (Å²) in [5.41, 5.74) is 1.38. The van der Waals surface area contributed by atoms with Gasteiger partial charge in [0.25, 0.3) is 0 Å². The van der Waals surface area contributed by atoms with Crippen LogP contribution < -0.4 is 10.6 Å². The van der Waals surface area contributed by atoms with Crippen molar-refractivity contribution in [3.05, 3.63) is 24.0 Å². The standard InChI is InChI=1S/C13H19N3O3/c1-3-4-5-11(12(17)18)16-13(19)15-10-7-6-9(2)14-8-10/h6-8,11H,3-5H2,1-2H3,(H,17,18)(H2,15,16,19). The van der Waals surface area contributed by atoms with Crippen LogP contribution in [0.3, 0.4) is 0 Å². The highest BCUT2D eigenvalue weighted by Gasteiger charge is 2.19. The molecule has 0 aliphatic rings. The van der Waals surface area contributed by atoms with Crippen LogP contribution >= 0.6 is 0 Å². The number of nitrogens with one attached hydrogen (secondary N) is 2. The minimum absolute atomic E-state index is 0.422. The molecule has 1 unspecified atom stereocenters. The van der Waals surface area contributed by atoms with Gasteiger partial charge in [-0.3, -0.25) is 4.98 Å². The number of carboxylic acids is 1. The van der Waals surface area contributed by atoms with E-state index in [4.69, 9.17) is 5.11 Å². The Morgan fingerprint density at radius 1 is 1.42 bits per heavy atom. The molecule has 0 aliphatic heterocycles. The predicted molar refractivity (Wildman–Crippen MR) is 72.1 cm³/mol. The number of hydrogen-bond donors (Lipinski definition) is 3. The maximum absolute atomic E-state index is 11.7. The summed E-state index contributed by atoms with van der Waals surface area (Å²) in [6.45, 7) is 3.81. The number of pyridine rings is 1. The number of aliphatic carboxylic acids is 1. The molecule has 0 radical (unpaired) electrons. The summed E-state index contributed by atoms with van der Waals surface area (Å²) in [4.78, 5) is 26.7. The van der Waals surface area contributed by atoms with Crippen molar-refractivity contribution in [3.8, 4) is 0 Å². The van der Waals surface area contributed by atoms with Gasteiger partial charge < -0.3 is 15.7 Å². The molecular weight excluding hydrogens is 246 g/mol. The highest BCUT2D eigenvalue weighted by atomic mass is 16.4. The number of aromatic nitrogens is 1. The van der Waals surface area contributed by atoms with E-state index >= 15 is 0 Å². The molecule has 2 amide bonds. The Labute approximate surface area is 112 Å². The Bertz CT molecular complexity index is 431. The summed E-state index contributed by atoms with van der Waals surface area (Å²) in [6.07, 6.45) is 3.58. The summed E-state index contributed by atoms with van der Waals surface area (Å²) in [5, 5.41) is 14.0. The molecule has 1 rings (SSSR count). The van der Waals surface area contributed by atoms with Crippen molar-refractivity contribution in [2.24, 2.45) is 0 Å². The van der Waals surface area contributed by atoms with E-state index in [-0.39, 0.29) is 0 Å². The molecule has 0 fully saturated rings. The van der Waals surface area contributed by atoms with Gasteiger partial charge in [-0.15, -0.1) is 0 Å². The van der Waals surface area contributed by atoms with Crippen LogP contribution in [0.25, 0.3) is 0 Å². The van der Waals surface area contributed by atoms with E-state index in [1.165, 1.54) is 6.20 Å². The van der Waals surface area contributed by atoms with E-state index in [0.717, 1.165) is 18.5 Å². The molecule has 19 heavy (non-hydrogen) atoms. The quantitative estimate of drug-likeness (QED) is 0.735. The lowest BCUT2D eigenvalue weighted by atomic mass is 10.1. The van der Waals surface area contributed by atoms with Gasteiger partial charge in [-0.05, 0) is 25.5 Å². The van der Waals surface area contributed by atoms with E-state index in [9.17, 15) is 9.59 Å². The van der Waals surface area contributed by atoms with Gasteiger partial charge in [0.2, 0.25) is 0 Å². The average Bonchev–Trinajstić information content (AvgIpc) is 2.37.